The summed E-state index contributed by atoms with van der Waals surface area (Å²) in [5, 5.41) is 0. The summed E-state index contributed by atoms with van der Waals surface area (Å²) >= 11 is 0. The number of carbonyl (C=O) groups is 2. The Hall–Kier alpha value is -2.24. The molecule has 14 nitrogen and oxygen atoms in total. The average Bonchev–Trinajstić information content (AvgIpc) is 3.39. The van der Waals surface area contributed by atoms with Crippen LogP contribution in [-0.2, 0) is 73.9 Å². The number of hydrogen-bond donors (Lipinski definition) is 0. The Balaban J connectivity index is 2.26. The molecule has 0 radical (unpaired) electrons. The summed E-state index contributed by atoms with van der Waals surface area (Å²) in [5.74, 6) is 0.891. The maximum Gasteiger partial charge on any atom is 0.305 e. The van der Waals surface area contributed by atoms with Crippen LogP contribution < -0.4 is 0 Å². The SMILES string of the molecule is CCCCCCC(CCCC)COC(=O)CCCCCCCOCC(COCCOOCCOOCCOOCCOCc1ccccc1)OCCCCCCCC(=O)OCC(CCCCC)CCCCC. The second-order valence-corrected chi connectivity index (χ2v) is 19.2. The third kappa shape index (κ3) is 47.5. The summed E-state index contributed by atoms with van der Waals surface area (Å²) in [4.78, 5) is 55.6. The van der Waals surface area contributed by atoms with E-state index in [1.807, 2.05) is 30.3 Å². The predicted octanol–water partition coefficient (Wildman–Crippen LogP) is 13.8. The Labute approximate surface area is 438 Å². The van der Waals surface area contributed by atoms with E-state index in [-0.39, 0.29) is 51.1 Å². The van der Waals surface area contributed by atoms with Gasteiger partial charge in [0.15, 0.2) is 0 Å². The molecule has 0 N–H and O–H groups in total. The van der Waals surface area contributed by atoms with Crippen molar-refractivity contribution in [2.45, 2.75) is 220 Å². The molecular formula is C58H106O14. The van der Waals surface area contributed by atoms with E-state index in [0.29, 0.717) is 90.7 Å². The highest BCUT2D eigenvalue weighted by atomic mass is 17.2. The highest BCUT2D eigenvalue weighted by Crippen LogP contribution is 2.20. The smallest absolute Gasteiger partial charge is 0.305 e. The van der Waals surface area contributed by atoms with Crippen molar-refractivity contribution >= 4 is 11.9 Å². The Morgan fingerprint density at radius 1 is 0.375 bits per heavy atom. The molecule has 0 spiro atoms. The molecule has 0 saturated heterocycles. The average molecular weight is 1030 g/mol. The highest BCUT2D eigenvalue weighted by molar-refractivity contribution is 5.69. The topological polar surface area (TPSA) is 145 Å². The van der Waals surface area contributed by atoms with Gasteiger partial charge in [-0.3, -0.25) is 9.59 Å². The molecule has 1 aromatic carbocycles. The van der Waals surface area contributed by atoms with Crippen LogP contribution in [-0.4, -0.2) is 111 Å². The van der Waals surface area contributed by atoms with Crippen molar-refractivity contribution in [3.8, 4) is 0 Å². The normalized spacial score (nSPS) is 12.5. The van der Waals surface area contributed by atoms with Crippen molar-refractivity contribution in [1.29, 1.82) is 0 Å². The van der Waals surface area contributed by atoms with Crippen LogP contribution in [0.15, 0.2) is 30.3 Å². The molecular weight excluding hydrogens is 921 g/mol. The fourth-order valence-electron chi connectivity index (χ4n) is 8.08. The Kier molecular flexibility index (Phi) is 51.8. The first kappa shape index (κ1) is 67.8. The minimum atomic E-state index is -0.203. The molecule has 0 heterocycles. The number of hydrogen-bond acceptors (Lipinski definition) is 14. The lowest BCUT2D eigenvalue weighted by Gasteiger charge is -2.18. The van der Waals surface area contributed by atoms with Gasteiger partial charge in [0, 0.05) is 26.1 Å². The van der Waals surface area contributed by atoms with Crippen molar-refractivity contribution in [3.05, 3.63) is 35.9 Å². The molecule has 14 heteroatoms. The van der Waals surface area contributed by atoms with Crippen LogP contribution in [0.25, 0.3) is 0 Å². The molecule has 0 aromatic heterocycles. The molecule has 1 rings (SSSR count). The Bertz CT molecular complexity index is 1250. The van der Waals surface area contributed by atoms with E-state index in [4.69, 9.17) is 57.7 Å². The summed E-state index contributed by atoms with van der Waals surface area (Å²) in [6.07, 6.45) is 30.0. The summed E-state index contributed by atoms with van der Waals surface area (Å²) in [6.45, 7) is 14.8. The van der Waals surface area contributed by atoms with Crippen molar-refractivity contribution in [3.63, 3.8) is 0 Å². The van der Waals surface area contributed by atoms with E-state index in [0.717, 1.165) is 89.0 Å². The number of benzene rings is 1. The predicted molar refractivity (Wildman–Crippen MR) is 284 cm³/mol. The monoisotopic (exact) mass is 1030 g/mol. The number of rotatable bonds is 58. The summed E-state index contributed by atoms with van der Waals surface area (Å²) in [5.41, 5.74) is 1.11. The van der Waals surface area contributed by atoms with Crippen molar-refractivity contribution < 1.29 is 67.3 Å². The van der Waals surface area contributed by atoms with Crippen molar-refractivity contribution in [2.75, 3.05) is 92.5 Å². The molecule has 2 atom stereocenters. The molecule has 1 aromatic rings. The van der Waals surface area contributed by atoms with E-state index in [2.05, 4.69) is 27.7 Å². The zero-order valence-corrected chi connectivity index (χ0v) is 46.2. The van der Waals surface area contributed by atoms with Crippen LogP contribution in [0.4, 0.5) is 0 Å². The van der Waals surface area contributed by atoms with Gasteiger partial charge in [-0.15, -0.1) is 0 Å². The van der Waals surface area contributed by atoms with Crippen LogP contribution in [0.2, 0.25) is 0 Å². The minimum Gasteiger partial charge on any atom is -0.465 e. The lowest BCUT2D eigenvalue weighted by Crippen LogP contribution is -2.27. The van der Waals surface area contributed by atoms with Crippen molar-refractivity contribution in [1.82, 2.24) is 0 Å². The second-order valence-electron chi connectivity index (χ2n) is 19.2. The standard InChI is InChI=1S/C58H106O14/c1-5-9-13-23-35-54(30-12-8-4)49-65-57(59)36-26-16-14-18-28-38-61-51-56(64-39-29-19-15-17-27-37-58(60)66-50-55(31-21-10-6-2)32-22-11-7-3)52-63-41-43-68-70-45-47-72-71-46-44-69-67-42-40-62-48-53-33-24-20-25-34-53/h20,24-25,33-34,54-56H,5-19,21-23,26-32,35-52H2,1-4H3. The number of carbonyl (C=O) groups excluding carboxylic acids is 2. The van der Waals surface area contributed by atoms with Crippen LogP contribution in [0.1, 0.15) is 213 Å². The first-order valence-corrected chi connectivity index (χ1v) is 28.9. The number of esters is 2. The van der Waals surface area contributed by atoms with Gasteiger partial charge >= 0.3 is 11.9 Å². The van der Waals surface area contributed by atoms with Crippen LogP contribution in [0, 0.1) is 11.8 Å². The molecule has 0 fully saturated rings. The van der Waals surface area contributed by atoms with Gasteiger partial charge in [-0.05, 0) is 68.8 Å². The largest absolute Gasteiger partial charge is 0.465 e. The fourth-order valence-corrected chi connectivity index (χ4v) is 8.08. The molecule has 422 valence electrons. The fraction of sp³-hybridized carbons (Fsp3) is 0.862. The van der Waals surface area contributed by atoms with E-state index in [9.17, 15) is 9.59 Å². The Morgan fingerprint density at radius 2 is 0.764 bits per heavy atom. The molecule has 2 unspecified atom stereocenters. The van der Waals surface area contributed by atoms with Gasteiger partial charge in [-0.2, -0.15) is 0 Å². The van der Waals surface area contributed by atoms with Gasteiger partial charge in [-0.1, -0.05) is 174 Å². The summed E-state index contributed by atoms with van der Waals surface area (Å²) < 4.78 is 35.1. The first-order valence-electron chi connectivity index (χ1n) is 28.9. The minimum absolute atomic E-state index is 0.0506. The van der Waals surface area contributed by atoms with Crippen LogP contribution >= 0.6 is 0 Å². The van der Waals surface area contributed by atoms with E-state index in [1.54, 1.807) is 0 Å². The summed E-state index contributed by atoms with van der Waals surface area (Å²) in [7, 11) is 0. The zero-order valence-electron chi connectivity index (χ0n) is 46.2. The van der Waals surface area contributed by atoms with E-state index < -0.39 is 0 Å². The summed E-state index contributed by atoms with van der Waals surface area (Å²) in [6, 6.07) is 9.94. The lowest BCUT2D eigenvalue weighted by molar-refractivity contribution is -0.360. The highest BCUT2D eigenvalue weighted by Gasteiger charge is 2.15. The second kappa shape index (κ2) is 55.0. The quantitative estimate of drug-likeness (QED) is 0.0264. The zero-order chi connectivity index (χ0) is 51.9. The molecule has 0 saturated carbocycles. The first-order chi connectivity index (χ1) is 35.5. The van der Waals surface area contributed by atoms with Gasteiger partial charge in [0.25, 0.3) is 0 Å². The maximum absolute atomic E-state index is 12.5. The lowest BCUT2D eigenvalue weighted by atomic mass is 9.96. The van der Waals surface area contributed by atoms with Crippen molar-refractivity contribution in [2.24, 2.45) is 11.8 Å². The maximum atomic E-state index is 12.5. The van der Waals surface area contributed by atoms with Gasteiger partial charge in [0.2, 0.25) is 0 Å². The number of unbranched alkanes of at least 4 members (excludes halogenated alkanes) is 16. The third-order valence-electron chi connectivity index (χ3n) is 12.5. The van der Waals surface area contributed by atoms with Gasteiger partial charge < -0.3 is 28.4 Å². The molecule has 0 amide bonds. The number of ether oxygens (including phenoxy) is 6. The third-order valence-corrected chi connectivity index (χ3v) is 12.5. The molecule has 0 aliphatic rings. The molecule has 0 aliphatic carbocycles. The van der Waals surface area contributed by atoms with Crippen LogP contribution in [0.5, 0.6) is 0 Å². The Morgan fingerprint density at radius 3 is 1.28 bits per heavy atom. The van der Waals surface area contributed by atoms with E-state index in [1.165, 1.54) is 83.5 Å². The van der Waals surface area contributed by atoms with Gasteiger partial charge in [0.05, 0.1) is 46.2 Å². The van der Waals surface area contributed by atoms with Crippen LogP contribution in [0.3, 0.4) is 0 Å². The molecule has 0 bridgehead atoms. The van der Waals surface area contributed by atoms with Gasteiger partial charge in [0.1, 0.15) is 45.7 Å². The molecule has 0 aliphatic heterocycles. The molecule has 72 heavy (non-hydrogen) atoms. The van der Waals surface area contributed by atoms with Gasteiger partial charge in [-0.25, -0.2) is 29.3 Å². The van der Waals surface area contributed by atoms with E-state index >= 15 is 0 Å².